The van der Waals surface area contributed by atoms with Crippen molar-refractivity contribution < 1.29 is 30.6 Å². The summed E-state index contributed by atoms with van der Waals surface area (Å²) in [5.74, 6) is -0.408. The number of phenolic OH excluding ortho intramolecular Hbond substituents is 6. The predicted molar refractivity (Wildman–Crippen MR) is 142 cm³/mol. The van der Waals surface area contributed by atoms with E-state index in [1.807, 2.05) is 18.2 Å². The third-order valence-electron chi connectivity index (χ3n) is 6.49. The molecule has 0 radical (unpaired) electrons. The van der Waals surface area contributed by atoms with Crippen LogP contribution >= 0.6 is 0 Å². The maximum absolute atomic E-state index is 9.91. The first kappa shape index (κ1) is 22.3. The van der Waals surface area contributed by atoms with Crippen molar-refractivity contribution >= 4 is 33.1 Å². The van der Waals surface area contributed by atoms with Crippen LogP contribution in [0.1, 0.15) is 0 Å². The van der Waals surface area contributed by atoms with E-state index in [-0.39, 0.29) is 34.5 Å². The molecular formula is C27H18N6O6. The summed E-state index contributed by atoms with van der Waals surface area (Å²) in [5.41, 5.74) is 4.72. The lowest BCUT2D eigenvalue weighted by Crippen LogP contribution is -1.89. The van der Waals surface area contributed by atoms with Gasteiger partial charge in [0.25, 0.3) is 0 Å². The Morgan fingerprint density at radius 2 is 0.615 bits per heavy atom. The number of imidazole rings is 3. The van der Waals surface area contributed by atoms with Crippen molar-refractivity contribution in [2.45, 2.75) is 0 Å². The fraction of sp³-hybridized carbons (Fsp3) is 0. The second-order valence-electron chi connectivity index (χ2n) is 9.13. The van der Waals surface area contributed by atoms with E-state index in [1.165, 1.54) is 36.4 Å². The molecule has 0 bridgehead atoms. The lowest BCUT2D eigenvalue weighted by molar-refractivity contribution is 0.405. The molecule has 7 aromatic rings. The third kappa shape index (κ3) is 3.58. The monoisotopic (exact) mass is 522 g/mol. The summed E-state index contributed by atoms with van der Waals surface area (Å²) < 4.78 is 0. The van der Waals surface area contributed by atoms with E-state index in [1.54, 1.807) is 0 Å². The predicted octanol–water partition coefficient (Wildman–Crippen LogP) is 4.55. The highest BCUT2D eigenvalue weighted by Crippen LogP contribution is 2.37. The van der Waals surface area contributed by atoms with Gasteiger partial charge < -0.3 is 45.6 Å². The highest BCUT2D eigenvalue weighted by Gasteiger charge is 2.17. The van der Waals surface area contributed by atoms with Crippen LogP contribution < -0.4 is 0 Å². The van der Waals surface area contributed by atoms with Gasteiger partial charge in [0.15, 0.2) is 34.5 Å². The molecule has 192 valence electrons. The number of H-pyrrole nitrogens is 3. The Morgan fingerprint density at radius 3 is 0.897 bits per heavy atom. The second-order valence-corrected chi connectivity index (χ2v) is 9.13. The molecule has 0 fully saturated rings. The molecule has 0 aliphatic rings. The summed E-state index contributed by atoms with van der Waals surface area (Å²) in [5, 5.41) is 59.4. The lowest BCUT2D eigenvalue weighted by atomic mass is 10.0. The minimum Gasteiger partial charge on any atom is -0.504 e. The summed E-state index contributed by atoms with van der Waals surface area (Å²) >= 11 is 0. The van der Waals surface area contributed by atoms with Gasteiger partial charge in [-0.25, -0.2) is 15.0 Å². The molecule has 12 nitrogen and oxygen atoms in total. The van der Waals surface area contributed by atoms with Gasteiger partial charge in [0, 0.05) is 53.1 Å². The van der Waals surface area contributed by atoms with Crippen molar-refractivity contribution in [3.8, 4) is 68.7 Å². The standard InChI is InChI=1S/C27H18N6O6/c34-19-4-13-14(5-20(19)35)29-25(28-13)10-1-11(26-30-15-6-21(36)22(37)7-16(15)31-26)3-12(2-10)27-32-17-8-23(38)24(39)9-18(17)33-27/h1-9,34-39H,(H,28,29)(H,30,31)(H,32,33). The zero-order valence-corrected chi connectivity index (χ0v) is 19.7. The fourth-order valence-electron chi connectivity index (χ4n) is 4.55. The summed E-state index contributed by atoms with van der Waals surface area (Å²) in [7, 11) is 0. The Bertz CT molecular complexity index is 1740. The van der Waals surface area contributed by atoms with Gasteiger partial charge in [0.05, 0.1) is 33.1 Å². The molecule has 7 rings (SSSR count). The molecule has 12 heteroatoms. The van der Waals surface area contributed by atoms with Crippen LogP contribution in [0.3, 0.4) is 0 Å². The highest BCUT2D eigenvalue weighted by atomic mass is 16.3. The molecule has 0 aliphatic carbocycles. The number of phenols is 6. The van der Waals surface area contributed by atoms with Crippen LogP contribution in [-0.4, -0.2) is 60.5 Å². The van der Waals surface area contributed by atoms with Gasteiger partial charge in [0.1, 0.15) is 17.5 Å². The minimum atomic E-state index is -0.294. The summed E-state index contributed by atoms with van der Waals surface area (Å²) in [6, 6.07) is 13.6. The van der Waals surface area contributed by atoms with Gasteiger partial charge in [-0.3, -0.25) is 0 Å². The quantitative estimate of drug-likeness (QED) is 0.149. The topological polar surface area (TPSA) is 207 Å². The third-order valence-corrected chi connectivity index (χ3v) is 6.49. The molecular weight excluding hydrogens is 504 g/mol. The van der Waals surface area contributed by atoms with Gasteiger partial charge in [-0.1, -0.05) is 0 Å². The molecule has 4 aromatic carbocycles. The second kappa shape index (κ2) is 7.79. The number of aromatic nitrogens is 6. The van der Waals surface area contributed by atoms with Gasteiger partial charge in [-0.05, 0) is 18.2 Å². The molecule has 9 N–H and O–H groups in total. The molecule has 0 atom stereocenters. The molecule has 0 unspecified atom stereocenters. The Morgan fingerprint density at radius 1 is 0.359 bits per heavy atom. The van der Waals surface area contributed by atoms with Crippen molar-refractivity contribution in [2.24, 2.45) is 0 Å². The summed E-state index contributed by atoms with van der Waals surface area (Å²) in [4.78, 5) is 23.1. The average Bonchev–Trinajstić information content (AvgIpc) is 3.61. The Kier molecular flexibility index (Phi) is 4.46. The number of rotatable bonds is 3. The number of nitrogens with zero attached hydrogens (tertiary/aromatic N) is 3. The lowest BCUT2D eigenvalue weighted by Gasteiger charge is -2.06. The number of nitrogens with one attached hydrogen (secondary N) is 3. The number of fused-ring (bicyclic) bond motifs is 3. The normalized spacial score (nSPS) is 11.7. The maximum atomic E-state index is 9.91. The van der Waals surface area contributed by atoms with E-state index >= 15 is 0 Å². The average molecular weight is 522 g/mol. The van der Waals surface area contributed by atoms with Crippen LogP contribution in [0.15, 0.2) is 54.6 Å². The van der Waals surface area contributed by atoms with Gasteiger partial charge in [0.2, 0.25) is 0 Å². The minimum absolute atomic E-state index is 0.283. The van der Waals surface area contributed by atoms with E-state index in [2.05, 4.69) is 29.9 Å². The van der Waals surface area contributed by atoms with Crippen LogP contribution in [0.4, 0.5) is 0 Å². The molecule has 0 saturated heterocycles. The van der Waals surface area contributed by atoms with Crippen molar-refractivity contribution in [3.05, 3.63) is 54.6 Å². The van der Waals surface area contributed by atoms with E-state index in [0.29, 0.717) is 67.3 Å². The number of aromatic amines is 3. The number of hydrogen-bond donors (Lipinski definition) is 9. The smallest absolute Gasteiger partial charge is 0.159 e. The SMILES string of the molecule is Oc1cc2nc(-c3cc(-c4nc5cc(O)c(O)cc5[nH]4)cc(-c4nc5cc(O)c(O)cc5[nH]4)c3)[nH]c2cc1O. The number of benzene rings is 4. The van der Waals surface area contributed by atoms with Crippen LogP contribution in [0, 0.1) is 0 Å². The molecule has 0 saturated carbocycles. The molecule has 39 heavy (non-hydrogen) atoms. The van der Waals surface area contributed by atoms with E-state index in [0.717, 1.165) is 0 Å². The molecule has 3 aromatic heterocycles. The first-order chi connectivity index (χ1) is 18.7. The zero-order chi connectivity index (χ0) is 27.0. The van der Waals surface area contributed by atoms with Crippen LogP contribution in [-0.2, 0) is 0 Å². The first-order valence-electron chi connectivity index (χ1n) is 11.6. The molecule has 3 heterocycles. The van der Waals surface area contributed by atoms with E-state index < -0.39 is 0 Å². The molecule has 0 aliphatic heterocycles. The number of hydrogen-bond acceptors (Lipinski definition) is 9. The summed E-state index contributed by atoms with van der Waals surface area (Å²) in [6.07, 6.45) is 0. The van der Waals surface area contributed by atoms with Crippen molar-refractivity contribution in [2.75, 3.05) is 0 Å². The van der Waals surface area contributed by atoms with Gasteiger partial charge in [-0.2, -0.15) is 0 Å². The Hall–Kier alpha value is -5.91. The molecule has 0 spiro atoms. The first-order valence-corrected chi connectivity index (χ1v) is 11.6. The maximum Gasteiger partial charge on any atom is 0.159 e. The van der Waals surface area contributed by atoms with Crippen LogP contribution in [0.25, 0.3) is 67.3 Å². The Balaban J connectivity index is 1.45. The Labute approximate surface area is 217 Å². The van der Waals surface area contributed by atoms with Gasteiger partial charge >= 0.3 is 0 Å². The van der Waals surface area contributed by atoms with E-state index in [9.17, 15) is 30.6 Å². The van der Waals surface area contributed by atoms with Crippen molar-refractivity contribution in [1.29, 1.82) is 0 Å². The van der Waals surface area contributed by atoms with Crippen molar-refractivity contribution in [1.82, 2.24) is 29.9 Å². The fourth-order valence-corrected chi connectivity index (χ4v) is 4.55. The van der Waals surface area contributed by atoms with Gasteiger partial charge in [-0.15, -0.1) is 0 Å². The highest BCUT2D eigenvalue weighted by molar-refractivity contribution is 5.88. The summed E-state index contributed by atoms with van der Waals surface area (Å²) in [6.45, 7) is 0. The van der Waals surface area contributed by atoms with Crippen LogP contribution in [0.2, 0.25) is 0 Å². The largest absolute Gasteiger partial charge is 0.504 e. The molecule has 0 amide bonds. The zero-order valence-electron chi connectivity index (χ0n) is 19.7. The number of aromatic hydroxyl groups is 6. The van der Waals surface area contributed by atoms with Crippen LogP contribution in [0.5, 0.6) is 34.5 Å². The van der Waals surface area contributed by atoms with Crippen molar-refractivity contribution in [3.63, 3.8) is 0 Å². The van der Waals surface area contributed by atoms with E-state index in [4.69, 9.17) is 0 Å².